The van der Waals surface area contributed by atoms with Gasteiger partial charge in [-0.2, -0.15) is 0 Å². The predicted molar refractivity (Wildman–Crippen MR) is 111 cm³/mol. The highest BCUT2D eigenvalue weighted by molar-refractivity contribution is 9.10. The Labute approximate surface area is 171 Å². The molecule has 0 spiro atoms. The highest BCUT2D eigenvalue weighted by Crippen LogP contribution is 2.49. The van der Waals surface area contributed by atoms with Crippen LogP contribution in [0, 0.1) is 0 Å². The third-order valence-electron chi connectivity index (χ3n) is 5.19. The Morgan fingerprint density at radius 1 is 0.857 bits per heavy atom. The highest BCUT2D eigenvalue weighted by Gasteiger charge is 2.45. The van der Waals surface area contributed by atoms with Crippen molar-refractivity contribution in [3.63, 3.8) is 0 Å². The SMILES string of the molecule is O=C1C(Br)CCN1c1ccc2c(c1)OC(c1ccccc1)(c1ccccc1)O2. The van der Waals surface area contributed by atoms with E-state index in [1.807, 2.05) is 78.9 Å². The van der Waals surface area contributed by atoms with Gasteiger partial charge in [-0.3, -0.25) is 4.79 Å². The van der Waals surface area contributed by atoms with Gasteiger partial charge in [-0.05, 0) is 18.6 Å². The number of benzene rings is 3. The number of hydrogen-bond donors (Lipinski definition) is 0. The van der Waals surface area contributed by atoms with Crippen molar-refractivity contribution in [1.29, 1.82) is 0 Å². The van der Waals surface area contributed by atoms with Gasteiger partial charge in [-0.25, -0.2) is 0 Å². The molecule has 0 bridgehead atoms. The molecule has 5 rings (SSSR count). The van der Waals surface area contributed by atoms with E-state index in [1.165, 1.54) is 0 Å². The lowest BCUT2D eigenvalue weighted by Gasteiger charge is -2.28. The zero-order valence-electron chi connectivity index (χ0n) is 15.0. The summed E-state index contributed by atoms with van der Waals surface area (Å²) in [6.45, 7) is 0.691. The van der Waals surface area contributed by atoms with Crippen molar-refractivity contribution in [1.82, 2.24) is 0 Å². The molecule has 28 heavy (non-hydrogen) atoms. The number of fused-ring (bicyclic) bond motifs is 1. The third kappa shape index (κ3) is 2.69. The summed E-state index contributed by atoms with van der Waals surface area (Å²) in [6.07, 6.45) is 0.797. The number of carbonyl (C=O) groups excluding carboxylic acids is 1. The monoisotopic (exact) mass is 435 g/mol. The van der Waals surface area contributed by atoms with Crippen LogP contribution >= 0.6 is 15.9 Å². The van der Waals surface area contributed by atoms with Crippen LogP contribution in [0.25, 0.3) is 0 Å². The van der Waals surface area contributed by atoms with E-state index in [0.717, 1.165) is 23.2 Å². The number of halogens is 1. The Morgan fingerprint density at radius 2 is 1.46 bits per heavy atom. The van der Waals surface area contributed by atoms with E-state index in [0.29, 0.717) is 18.0 Å². The molecule has 4 nitrogen and oxygen atoms in total. The highest BCUT2D eigenvalue weighted by atomic mass is 79.9. The molecule has 0 aliphatic carbocycles. The third-order valence-corrected chi connectivity index (χ3v) is 6.04. The van der Waals surface area contributed by atoms with Gasteiger partial charge in [0.25, 0.3) is 0 Å². The number of hydrogen-bond acceptors (Lipinski definition) is 3. The summed E-state index contributed by atoms with van der Waals surface area (Å²) in [5.41, 5.74) is 2.65. The summed E-state index contributed by atoms with van der Waals surface area (Å²) in [5, 5.41) is 0. The summed E-state index contributed by atoms with van der Waals surface area (Å²) in [6, 6.07) is 25.5. The molecular weight excluding hydrogens is 418 g/mol. The number of rotatable bonds is 3. The van der Waals surface area contributed by atoms with Crippen molar-refractivity contribution in [2.24, 2.45) is 0 Å². The minimum Gasteiger partial charge on any atom is -0.440 e. The number of alkyl halides is 1. The summed E-state index contributed by atoms with van der Waals surface area (Å²) < 4.78 is 12.9. The largest absolute Gasteiger partial charge is 0.440 e. The van der Waals surface area contributed by atoms with Crippen molar-refractivity contribution in [3.05, 3.63) is 90.0 Å². The Bertz CT molecular complexity index is 983. The minimum atomic E-state index is -1.05. The fourth-order valence-corrected chi connectivity index (χ4v) is 4.23. The molecule has 0 N–H and O–H groups in total. The molecule has 2 aliphatic heterocycles. The lowest BCUT2D eigenvalue weighted by molar-refractivity contribution is -0.116. The maximum absolute atomic E-state index is 12.4. The smallest absolute Gasteiger partial charge is 0.305 e. The van der Waals surface area contributed by atoms with Gasteiger partial charge in [0.2, 0.25) is 5.91 Å². The number of carbonyl (C=O) groups is 1. The number of anilines is 1. The van der Waals surface area contributed by atoms with E-state index in [4.69, 9.17) is 9.47 Å². The van der Waals surface area contributed by atoms with E-state index in [2.05, 4.69) is 15.9 Å². The van der Waals surface area contributed by atoms with Gasteiger partial charge in [0.1, 0.15) is 0 Å². The van der Waals surface area contributed by atoms with Crippen LogP contribution in [-0.4, -0.2) is 17.3 Å². The molecule has 5 heteroatoms. The van der Waals surface area contributed by atoms with Crippen LogP contribution in [0.2, 0.25) is 0 Å². The molecule has 2 heterocycles. The molecule has 1 atom stereocenters. The molecule has 1 amide bonds. The van der Waals surface area contributed by atoms with Gasteiger partial charge in [-0.1, -0.05) is 76.6 Å². The van der Waals surface area contributed by atoms with Gasteiger partial charge in [0.05, 0.1) is 4.83 Å². The van der Waals surface area contributed by atoms with Gasteiger partial charge < -0.3 is 14.4 Å². The zero-order valence-corrected chi connectivity index (χ0v) is 16.6. The molecule has 1 unspecified atom stereocenters. The average molecular weight is 436 g/mol. The van der Waals surface area contributed by atoms with Gasteiger partial charge in [0, 0.05) is 29.4 Å². The number of nitrogens with zero attached hydrogens (tertiary/aromatic N) is 1. The van der Waals surface area contributed by atoms with Crippen molar-refractivity contribution >= 4 is 27.5 Å². The number of ether oxygens (including phenoxy) is 2. The molecule has 3 aromatic carbocycles. The number of amides is 1. The summed E-state index contributed by atoms with van der Waals surface area (Å²) in [4.78, 5) is 14.0. The van der Waals surface area contributed by atoms with Crippen molar-refractivity contribution in [2.45, 2.75) is 17.0 Å². The van der Waals surface area contributed by atoms with E-state index < -0.39 is 5.79 Å². The molecule has 2 aliphatic rings. The normalized spacial score (nSPS) is 19.8. The second kappa shape index (κ2) is 6.67. The molecule has 3 aromatic rings. The Balaban J connectivity index is 1.57. The lowest BCUT2D eigenvalue weighted by Crippen LogP contribution is -2.36. The first kappa shape index (κ1) is 17.3. The van der Waals surface area contributed by atoms with Crippen LogP contribution in [-0.2, 0) is 10.6 Å². The summed E-state index contributed by atoms with van der Waals surface area (Å²) in [5.74, 6) is 0.335. The zero-order chi connectivity index (χ0) is 19.1. The summed E-state index contributed by atoms with van der Waals surface area (Å²) in [7, 11) is 0. The molecule has 1 saturated heterocycles. The van der Waals surface area contributed by atoms with Crippen LogP contribution in [0.3, 0.4) is 0 Å². The van der Waals surface area contributed by atoms with Crippen LogP contribution in [0.5, 0.6) is 11.5 Å². The first-order chi connectivity index (χ1) is 13.7. The van der Waals surface area contributed by atoms with Crippen LogP contribution in [0.1, 0.15) is 17.5 Å². The van der Waals surface area contributed by atoms with Crippen molar-refractivity contribution in [2.75, 3.05) is 11.4 Å². The molecule has 1 fully saturated rings. The Hall–Kier alpha value is -2.79. The molecule has 0 saturated carbocycles. The second-order valence-electron chi connectivity index (χ2n) is 6.93. The van der Waals surface area contributed by atoms with Gasteiger partial charge in [0.15, 0.2) is 11.5 Å². The van der Waals surface area contributed by atoms with Crippen LogP contribution < -0.4 is 14.4 Å². The van der Waals surface area contributed by atoms with E-state index >= 15 is 0 Å². The molecule has 0 aromatic heterocycles. The van der Waals surface area contributed by atoms with Gasteiger partial charge >= 0.3 is 5.79 Å². The van der Waals surface area contributed by atoms with E-state index in [1.54, 1.807) is 4.90 Å². The first-order valence-electron chi connectivity index (χ1n) is 9.26. The minimum absolute atomic E-state index is 0.0799. The summed E-state index contributed by atoms with van der Waals surface area (Å²) >= 11 is 3.44. The maximum Gasteiger partial charge on any atom is 0.305 e. The van der Waals surface area contributed by atoms with Crippen molar-refractivity contribution < 1.29 is 14.3 Å². The maximum atomic E-state index is 12.4. The second-order valence-corrected chi connectivity index (χ2v) is 8.04. The first-order valence-corrected chi connectivity index (χ1v) is 10.2. The fraction of sp³-hybridized carbons (Fsp3) is 0.174. The van der Waals surface area contributed by atoms with E-state index in [-0.39, 0.29) is 10.7 Å². The average Bonchev–Trinajstić information content (AvgIpc) is 3.30. The molecular formula is C23H18BrNO3. The molecule has 140 valence electrons. The van der Waals surface area contributed by atoms with Crippen LogP contribution in [0.15, 0.2) is 78.9 Å². The topological polar surface area (TPSA) is 38.8 Å². The Morgan fingerprint density at radius 3 is 2.04 bits per heavy atom. The predicted octanol–water partition coefficient (Wildman–Crippen LogP) is 4.86. The standard InChI is InChI=1S/C23H18BrNO3/c24-19-13-14-25(22(19)26)18-11-12-20-21(15-18)28-23(27-20,16-7-3-1-4-8-16)17-9-5-2-6-10-17/h1-12,15,19H,13-14H2. The fourth-order valence-electron chi connectivity index (χ4n) is 3.78. The van der Waals surface area contributed by atoms with Crippen LogP contribution in [0.4, 0.5) is 5.69 Å². The quantitative estimate of drug-likeness (QED) is 0.551. The van der Waals surface area contributed by atoms with Crippen molar-refractivity contribution in [3.8, 4) is 11.5 Å². The Kier molecular flexibility index (Phi) is 4.13. The molecule has 0 radical (unpaired) electrons. The lowest BCUT2D eigenvalue weighted by atomic mass is 9.97. The van der Waals surface area contributed by atoms with E-state index in [9.17, 15) is 4.79 Å². The van der Waals surface area contributed by atoms with Gasteiger partial charge in [-0.15, -0.1) is 0 Å².